The van der Waals surface area contributed by atoms with Crippen LogP contribution in [0.5, 0.6) is 5.75 Å². The lowest BCUT2D eigenvalue weighted by molar-refractivity contribution is -0.147. The number of carbonyl (C=O) groups excluding carboxylic acids is 5. The number of likely N-dealkylation sites (N-methyl/N-ethyl adjacent to an activating group) is 3. The van der Waals surface area contributed by atoms with Crippen LogP contribution in [0.3, 0.4) is 0 Å². The van der Waals surface area contributed by atoms with Crippen molar-refractivity contribution in [3.63, 3.8) is 0 Å². The third-order valence-electron chi connectivity index (χ3n) is 12.3. The van der Waals surface area contributed by atoms with E-state index in [1.54, 1.807) is 50.4 Å². The summed E-state index contributed by atoms with van der Waals surface area (Å²) in [5, 5.41) is 6.36. The number of aldehydes is 1. The molecule has 362 valence electrons. The highest BCUT2D eigenvalue weighted by Crippen LogP contribution is 2.30. The summed E-state index contributed by atoms with van der Waals surface area (Å²) in [5.74, 6) is 0.310. The van der Waals surface area contributed by atoms with E-state index in [-0.39, 0.29) is 78.6 Å². The number of ketones is 1. The van der Waals surface area contributed by atoms with Crippen LogP contribution >= 0.6 is 0 Å². The molecule has 64 heavy (non-hydrogen) atoms. The maximum Gasteiger partial charge on any atom is 0.240 e. The monoisotopic (exact) mass is 896 g/mol. The van der Waals surface area contributed by atoms with Gasteiger partial charge in [0.25, 0.3) is 0 Å². The fourth-order valence-electron chi connectivity index (χ4n) is 8.51. The van der Waals surface area contributed by atoms with Gasteiger partial charge in [0.1, 0.15) is 18.6 Å². The maximum atomic E-state index is 14.1. The summed E-state index contributed by atoms with van der Waals surface area (Å²) in [6.45, 7) is 20.4. The van der Waals surface area contributed by atoms with Gasteiger partial charge in [0, 0.05) is 33.4 Å². The lowest BCUT2D eigenvalue weighted by atomic mass is 9.89. The molecule has 13 heteroatoms. The zero-order chi connectivity index (χ0) is 48.7. The van der Waals surface area contributed by atoms with Crippen LogP contribution in [-0.4, -0.2) is 142 Å². The quantitative estimate of drug-likeness (QED) is 0.0838. The average molecular weight is 896 g/mol. The lowest BCUT2D eigenvalue weighted by Gasteiger charge is -2.40. The molecule has 2 aromatic carbocycles. The summed E-state index contributed by atoms with van der Waals surface area (Å²) >= 11 is 0. The molecule has 0 radical (unpaired) electrons. The standard InChI is InChI=1S/C42H64N4O7.C7H15NO.C2H6/c1-11-28(4)39(45(8)42(50)38(43-7)27(2)3)36(51-9)25-37(48)46-23-15-18-35(46)40(52-10)29(5)41(49)44-33(24-31-16-13-12-14-17-31)26-53-34-21-19-32(20-22-34)30(6)47;1-6(2)7(5-9)8(3)4;1-2/h12-14,16-17,19-22,27-29,33,35-36,38-40,43H,11,15,18,23-26H2,1-10H3,(H,44,49);5-7H,1-4H3;1-2H3/t28?,29?,33?,35?,36?,38-,39?,40?;;/m0../s1. The minimum Gasteiger partial charge on any atom is -0.491 e. The van der Waals surface area contributed by atoms with Crippen molar-refractivity contribution in [2.45, 2.75) is 144 Å². The van der Waals surface area contributed by atoms with Gasteiger partial charge in [-0.3, -0.25) is 24.1 Å². The first-order valence-electron chi connectivity index (χ1n) is 23.4. The molecule has 0 bridgehead atoms. The summed E-state index contributed by atoms with van der Waals surface area (Å²) in [4.78, 5) is 69.3. The van der Waals surface area contributed by atoms with Gasteiger partial charge in [0.05, 0.1) is 54.8 Å². The van der Waals surface area contributed by atoms with Gasteiger partial charge in [0.15, 0.2) is 5.78 Å². The third kappa shape index (κ3) is 17.7. The van der Waals surface area contributed by atoms with Gasteiger partial charge in [-0.05, 0) is 94.9 Å². The predicted octanol–water partition coefficient (Wildman–Crippen LogP) is 6.96. The van der Waals surface area contributed by atoms with Crippen LogP contribution in [-0.2, 0) is 35.1 Å². The van der Waals surface area contributed by atoms with E-state index in [1.165, 1.54) is 6.92 Å². The van der Waals surface area contributed by atoms with E-state index in [4.69, 9.17) is 14.2 Å². The number of ether oxygens (including phenoxy) is 3. The Labute approximate surface area is 386 Å². The number of likely N-dealkylation sites (tertiary alicyclic amines) is 1. The largest absolute Gasteiger partial charge is 0.491 e. The van der Waals surface area contributed by atoms with Crippen LogP contribution in [0.15, 0.2) is 54.6 Å². The molecule has 3 amide bonds. The van der Waals surface area contributed by atoms with Crippen LogP contribution in [0.1, 0.15) is 111 Å². The Morgan fingerprint density at radius 1 is 0.891 bits per heavy atom. The van der Waals surface area contributed by atoms with Crippen molar-refractivity contribution in [3.8, 4) is 5.75 Å². The molecule has 0 saturated carbocycles. The highest BCUT2D eigenvalue weighted by molar-refractivity contribution is 5.94. The molecule has 8 unspecified atom stereocenters. The number of nitrogens with one attached hydrogen (secondary N) is 2. The average Bonchev–Trinajstić information content (AvgIpc) is 3.76. The van der Waals surface area contributed by atoms with E-state index < -0.39 is 18.1 Å². The third-order valence-corrected chi connectivity index (χ3v) is 12.3. The van der Waals surface area contributed by atoms with Crippen molar-refractivity contribution in [1.29, 1.82) is 0 Å². The van der Waals surface area contributed by atoms with Gasteiger partial charge in [-0.25, -0.2) is 0 Å². The van der Waals surface area contributed by atoms with E-state index in [2.05, 4.69) is 24.5 Å². The molecule has 13 nitrogen and oxygen atoms in total. The molecule has 9 atom stereocenters. The second-order valence-corrected chi connectivity index (χ2v) is 17.7. The Bertz CT molecular complexity index is 1650. The van der Waals surface area contributed by atoms with E-state index in [1.807, 2.05) is 110 Å². The molecule has 1 heterocycles. The van der Waals surface area contributed by atoms with Gasteiger partial charge in [-0.2, -0.15) is 0 Å². The predicted molar refractivity (Wildman–Crippen MR) is 258 cm³/mol. The molecule has 0 aromatic heterocycles. The number of benzene rings is 2. The minimum atomic E-state index is -0.573. The van der Waals surface area contributed by atoms with Crippen molar-refractivity contribution in [1.82, 2.24) is 25.3 Å². The summed E-state index contributed by atoms with van der Waals surface area (Å²) < 4.78 is 18.1. The number of hydrogen-bond acceptors (Lipinski definition) is 10. The molecule has 1 aliphatic rings. The van der Waals surface area contributed by atoms with Gasteiger partial charge >= 0.3 is 0 Å². The first-order valence-corrected chi connectivity index (χ1v) is 23.4. The van der Waals surface area contributed by atoms with E-state index in [9.17, 15) is 24.0 Å². The topological polar surface area (TPSA) is 147 Å². The zero-order valence-corrected chi connectivity index (χ0v) is 42.2. The van der Waals surface area contributed by atoms with Crippen molar-refractivity contribution in [2.24, 2.45) is 23.7 Å². The van der Waals surface area contributed by atoms with Gasteiger partial charge < -0.3 is 39.4 Å². The normalized spacial score (nSPS) is 17.4. The number of hydrogen-bond donors (Lipinski definition) is 2. The summed E-state index contributed by atoms with van der Waals surface area (Å²) in [7, 11) is 10.6. The number of carbonyl (C=O) groups is 5. The number of nitrogens with zero attached hydrogens (tertiary/aromatic N) is 3. The maximum absolute atomic E-state index is 14.1. The van der Waals surface area contributed by atoms with Crippen LogP contribution < -0.4 is 15.4 Å². The molecular weight excluding hydrogens is 811 g/mol. The zero-order valence-electron chi connectivity index (χ0n) is 42.2. The van der Waals surface area contributed by atoms with Crippen molar-refractivity contribution in [3.05, 3.63) is 65.7 Å². The summed E-state index contributed by atoms with van der Waals surface area (Å²) in [6, 6.07) is 15.6. The summed E-state index contributed by atoms with van der Waals surface area (Å²) in [5.41, 5.74) is 1.66. The Morgan fingerprint density at radius 2 is 1.50 bits per heavy atom. The molecule has 0 spiro atoms. The van der Waals surface area contributed by atoms with E-state index in [0.717, 1.165) is 24.7 Å². The fraction of sp³-hybridized carbons (Fsp3) is 0.667. The highest BCUT2D eigenvalue weighted by atomic mass is 16.5. The second kappa shape index (κ2) is 30.1. The van der Waals surface area contributed by atoms with Crippen LogP contribution in [0.4, 0.5) is 0 Å². The number of rotatable bonds is 24. The second-order valence-electron chi connectivity index (χ2n) is 17.7. The lowest BCUT2D eigenvalue weighted by Crippen LogP contribution is -2.56. The number of Topliss-reactive ketones (excluding diaryl/α,β-unsaturated/α-hetero) is 1. The molecule has 1 fully saturated rings. The number of methoxy groups -OCH3 is 2. The molecule has 1 aliphatic heterocycles. The van der Waals surface area contributed by atoms with Gasteiger partial charge in [0.2, 0.25) is 17.7 Å². The fourth-order valence-corrected chi connectivity index (χ4v) is 8.51. The first kappa shape index (κ1) is 57.8. The molecule has 2 N–H and O–H groups in total. The van der Waals surface area contributed by atoms with Crippen LogP contribution in [0.25, 0.3) is 0 Å². The van der Waals surface area contributed by atoms with E-state index in [0.29, 0.717) is 36.6 Å². The minimum absolute atomic E-state index is 0.0205. The van der Waals surface area contributed by atoms with Crippen molar-refractivity contribution in [2.75, 3.05) is 55.6 Å². The van der Waals surface area contributed by atoms with Crippen LogP contribution in [0.2, 0.25) is 0 Å². The molecule has 3 rings (SSSR count). The number of amides is 3. The molecule has 1 saturated heterocycles. The Hall–Kier alpha value is -4.17. The van der Waals surface area contributed by atoms with E-state index >= 15 is 0 Å². The Kier molecular flexibility index (Phi) is 27.2. The molecule has 0 aliphatic carbocycles. The smallest absolute Gasteiger partial charge is 0.240 e. The Balaban J connectivity index is 0.00000165. The van der Waals surface area contributed by atoms with Crippen LogP contribution in [0, 0.1) is 23.7 Å². The molecular formula is C51H85N5O8. The Morgan fingerprint density at radius 3 is 1.95 bits per heavy atom. The van der Waals surface area contributed by atoms with Crippen molar-refractivity contribution >= 4 is 29.8 Å². The van der Waals surface area contributed by atoms with Crippen molar-refractivity contribution < 1.29 is 38.2 Å². The summed E-state index contributed by atoms with van der Waals surface area (Å²) in [6.07, 6.45) is 2.90. The first-order chi connectivity index (χ1) is 30.4. The SMILES string of the molecule is CC.CC(C)C(C=O)N(C)C.CCC(C)C(C(CC(=O)N1CCCC1C(OC)C(C)C(=O)NC(COc1ccc(C(C)=O)cc1)Cc1ccccc1)OC)N(C)C(=O)[C@@H](NC)C(C)C. The highest BCUT2D eigenvalue weighted by Gasteiger charge is 2.42. The van der Waals surface area contributed by atoms with Gasteiger partial charge in [-0.15, -0.1) is 0 Å². The van der Waals surface area contributed by atoms with Gasteiger partial charge in [-0.1, -0.05) is 99.1 Å². The molecule has 2 aromatic rings.